The van der Waals surface area contributed by atoms with Crippen LogP contribution in [0.25, 0.3) is 0 Å². The standard InChI is InChI=1S/C13H18O4/c1-6-7-11(17-13(15)10(4)5)8-16-12(14)9(2)3/h7H,2,4,6,8H2,1,3,5H3. The molecule has 4 heteroatoms. The van der Waals surface area contributed by atoms with E-state index in [0.717, 1.165) is 0 Å². The quantitative estimate of drug-likeness (QED) is 0.405. The summed E-state index contributed by atoms with van der Waals surface area (Å²) in [6.45, 7) is 11.8. The highest BCUT2D eigenvalue weighted by molar-refractivity contribution is 5.88. The molecule has 0 radical (unpaired) electrons. The van der Waals surface area contributed by atoms with Crippen molar-refractivity contribution in [3.05, 3.63) is 36.1 Å². The van der Waals surface area contributed by atoms with E-state index in [1.165, 1.54) is 0 Å². The van der Waals surface area contributed by atoms with E-state index in [4.69, 9.17) is 9.47 Å². The first kappa shape index (κ1) is 15.2. The van der Waals surface area contributed by atoms with E-state index in [-0.39, 0.29) is 6.61 Å². The van der Waals surface area contributed by atoms with Gasteiger partial charge in [-0.3, -0.25) is 0 Å². The van der Waals surface area contributed by atoms with Crippen LogP contribution >= 0.6 is 0 Å². The van der Waals surface area contributed by atoms with Crippen LogP contribution in [0.1, 0.15) is 27.2 Å². The molecule has 0 saturated carbocycles. The number of ether oxygens (including phenoxy) is 2. The first-order valence-corrected chi connectivity index (χ1v) is 5.27. The lowest BCUT2D eigenvalue weighted by atomic mass is 10.3. The molecule has 94 valence electrons. The normalized spacial score (nSPS) is 10.6. The smallest absolute Gasteiger partial charge is 0.338 e. The Kier molecular flexibility index (Phi) is 6.63. The highest BCUT2D eigenvalue weighted by Gasteiger charge is 2.10. The molecular formula is C13H18O4. The molecule has 0 aliphatic heterocycles. The Morgan fingerprint density at radius 3 is 2.06 bits per heavy atom. The van der Waals surface area contributed by atoms with E-state index < -0.39 is 11.9 Å². The van der Waals surface area contributed by atoms with Crippen LogP contribution < -0.4 is 0 Å². The summed E-state index contributed by atoms with van der Waals surface area (Å²) < 4.78 is 9.88. The molecule has 0 heterocycles. The molecule has 0 bridgehead atoms. The van der Waals surface area contributed by atoms with E-state index in [2.05, 4.69) is 13.2 Å². The average molecular weight is 238 g/mol. The Hall–Kier alpha value is -1.84. The number of esters is 2. The van der Waals surface area contributed by atoms with Gasteiger partial charge in [0.05, 0.1) is 0 Å². The number of allylic oxidation sites excluding steroid dienone is 1. The van der Waals surface area contributed by atoms with Crippen LogP contribution in [-0.2, 0) is 19.1 Å². The van der Waals surface area contributed by atoms with Crippen molar-refractivity contribution in [2.24, 2.45) is 0 Å². The van der Waals surface area contributed by atoms with Crippen LogP contribution in [0.2, 0.25) is 0 Å². The summed E-state index contributed by atoms with van der Waals surface area (Å²) in [5, 5.41) is 0. The topological polar surface area (TPSA) is 52.6 Å². The van der Waals surface area contributed by atoms with Crippen LogP contribution in [0, 0.1) is 0 Å². The van der Waals surface area contributed by atoms with Crippen LogP contribution in [0.15, 0.2) is 36.1 Å². The van der Waals surface area contributed by atoms with Gasteiger partial charge in [-0.05, 0) is 26.3 Å². The van der Waals surface area contributed by atoms with Crippen molar-refractivity contribution in [1.82, 2.24) is 0 Å². The Morgan fingerprint density at radius 1 is 1.12 bits per heavy atom. The molecule has 0 aromatic heterocycles. The molecule has 0 unspecified atom stereocenters. The second-order valence-corrected chi connectivity index (χ2v) is 3.60. The Labute approximate surface area is 102 Å². The third-order valence-electron chi connectivity index (χ3n) is 1.70. The third kappa shape index (κ3) is 6.35. The summed E-state index contributed by atoms with van der Waals surface area (Å²) in [7, 11) is 0. The summed E-state index contributed by atoms with van der Waals surface area (Å²) in [6.07, 6.45) is 2.34. The number of rotatable bonds is 6. The lowest BCUT2D eigenvalue weighted by Gasteiger charge is -2.09. The van der Waals surface area contributed by atoms with Gasteiger partial charge in [0.2, 0.25) is 0 Å². The van der Waals surface area contributed by atoms with Gasteiger partial charge in [-0.25, -0.2) is 9.59 Å². The highest BCUT2D eigenvalue weighted by Crippen LogP contribution is 2.06. The maximum atomic E-state index is 11.3. The zero-order chi connectivity index (χ0) is 13.4. The van der Waals surface area contributed by atoms with Crippen molar-refractivity contribution in [2.45, 2.75) is 27.2 Å². The minimum Gasteiger partial charge on any atom is -0.454 e. The molecule has 0 saturated heterocycles. The monoisotopic (exact) mass is 238 g/mol. The fourth-order valence-corrected chi connectivity index (χ4v) is 0.824. The zero-order valence-corrected chi connectivity index (χ0v) is 10.5. The predicted molar refractivity (Wildman–Crippen MR) is 65.1 cm³/mol. The molecule has 0 N–H and O–H groups in total. The summed E-state index contributed by atoms with van der Waals surface area (Å²) >= 11 is 0. The molecule has 4 nitrogen and oxygen atoms in total. The summed E-state index contributed by atoms with van der Waals surface area (Å²) in [6, 6.07) is 0. The maximum Gasteiger partial charge on any atom is 0.338 e. The molecule has 17 heavy (non-hydrogen) atoms. The van der Waals surface area contributed by atoms with E-state index in [1.807, 2.05) is 6.92 Å². The minimum atomic E-state index is -0.531. The van der Waals surface area contributed by atoms with E-state index in [1.54, 1.807) is 19.9 Å². The van der Waals surface area contributed by atoms with Crippen LogP contribution in [0.5, 0.6) is 0 Å². The van der Waals surface area contributed by atoms with Crippen molar-refractivity contribution in [3.63, 3.8) is 0 Å². The largest absolute Gasteiger partial charge is 0.454 e. The van der Waals surface area contributed by atoms with Gasteiger partial charge >= 0.3 is 11.9 Å². The number of hydrogen-bond acceptors (Lipinski definition) is 4. The molecular weight excluding hydrogens is 220 g/mol. The van der Waals surface area contributed by atoms with E-state index >= 15 is 0 Å². The molecule has 0 fully saturated rings. The van der Waals surface area contributed by atoms with Crippen molar-refractivity contribution in [3.8, 4) is 0 Å². The van der Waals surface area contributed by atoms with E-state index in [9.17, 15) is 9.59 Å². The molecule has 0 aromatic rings. The van der Waals surface area contributed by atoms with Gasteiger partial charge in [0.1, 0.15) is 12.4 Å². The van der Waals surface area contributed by atoms with Crippen LogP contribution in [0.3, 0.4) is 0 Å². The van der Waals surface area contributed by atoms with Crippen LogP contribution in [-0.4, -0.2) is 18.5 Å². The Balaban J connectivity index is 4.41. The highest BCUT2D eigenvalue weighted by atomic mass is 16.6. The van der Waals surface area contributed by atoms with Gasteiger partial charge in [0, 0.05) is 11.1 Å². The molecule has 0 rings (SSSR count). The predicted octanol–water partition coefficient (Wildman–Crippen LogP) is 2.52. The molecule has 0 aromatic carbocycles. The lowest BCUT2D eigenvalue weighted by molar-refractivity contribution is -0.143. The molecule has 0 aliphatic rings. The average Bonchev–Trinajstić information content (AvgIpc) is 2.25. The van der Waals surface area contributed by atoms with Gasteiger partial charge in [-0.15, -0.1) is 0 Å². The Morgan fingerprint density at radius 2 is 1.65 bits per heavy atom. The van der Waals surface area contributed by atoms with Gasteiger partial charge in [0.15, 0.2) is 0 Å². The number of carbonyl (C=O) groups is 2. The SMILES string of the molecule is C=C(C)C(=O)OCC(=CCC)OC(=O)C(=C)C. The van der Waals surface area contributed by atoms with Gasteiger partial charge < -0.3 is 9.47 Å². The number of carbonyl (C=O) groups excluding carboxylic acids is 2. The second kappa shape index (κ2) is 7.44. The lowest BCUT2D eigenvalue weighted by Crippen LogP contribution is -2.13. The zero-order valence-electron chi connectivity index (χ0n) is 10.5. The number of hydrogen-bond donors (Lipinski definition) is 0. The molecule has 0 aliphatic carbocycles. The molecule has 0 spiro atoms. The van der Waals surface area contributed by atoms with Gasteiger partial charge in [-0.2, -0.15) is 0 Å². The summed E-state index contributed by atoms with van der Waals surface area (Å²) in [5.41, 5.74) is 0.588. The summed E-state index contributed by atoms with van der Waals surface area (Å²) in [5.74, 6) is -0.746. The van der Waals surface area contributed by atoms with Crippen LogP contribution in [0.4, 0.5) is 0 Å². The van der Waals surface area contributed by atoms with Crippen molar-refractivity contribution < 1.29 is 19.1 Å². The van der Waals surface area contributed by atoms with Crippen molar-refractivity contribution in [1.29, 1.82) is 0 Å². The fraction of sp³-hybridized carbons (Fsp3) is 0.385. The first-order chi connectivity index (χ1) is 7.88. The fourth-order valence-electron chi connectivity index (χ4n) is 0.824. The minimum absolute atomic E-state index is 0.0848. The first-order valence-electron chi connectivity index (χ1n) is 5.27. The maximum absolute atomic E-state index is 11.3. The molecule has 0 atom stereocenters. The molecule has 0 amide bonds. The van der Waals surface area contributed by atoms with E-state index in [0.29, 0.717) is 23.3 Å². The van der Waals surface area contributed by atoms with Gasteiger partial charge in [-0.1, -0.05) is 20.1 Å². The van der Waals surface area contributed by atoms with Crippen molar-refractivity contribution >= 4 is 11.9 Å². The second-order valence-electron chi connectivity index (χ2n) is 3.60. The Bertz CT molecular complexity index is 364. The van der Waals surface area contributed by atoms with Gasteiger partial charge in [0.25, 0.3) is 0 Å². The summed E-state index contributed by atoms with van der Waals surface area (Å²) in [4.78, 5) is 22.5. The van der Waals surface area contributed by atoms with Crippen molar-refractivity contribution in [2.75, 3.05) is 6.61 Å². The third-order valence-corrected chi connectivity index (χ3v) is 1.70.